The van der Waals surface area contributed by atoms with Gasteiger partial charge in [0.1, 0.15) is 0 Å². The first-order valence-corrected chi connectivity index (χ1v) is 7.42. The summed E-state index contributed by atoms with van der Waals surface area (Å²) in [5, 5.41) is 0. The van der Waals surface area contributed by atoms with Gasteiger partial charge >= 0.3 is 0 Å². The summed E-state index contributed by atoms with van der Waals surface area (Å²) in [6.45, 7) is 4.85. The lowest BCUT2D eigenvalue weighted by atomic mass is 10.1. The van der Waals surface area contributed by atoms with E-state index >= 15 is 0 Å². The summed E-state index contributed by atoms with van der Waals surface area (Å²) < 4.78 is 0. The zero-order chi connectivity index (χ0) is 14.4. The van der Waals surface area contributed by atoms with Gasteiger partial charge in [-0.2, -0.15) is 0 Å². The maximum atomic E-state index is 11.7. The van der Waals surface area contributed by atoms with Crippen molar-refractivity contribution >= 4 is 11.6 Å². The van der Waals surface area contributed by atoms with Crippen molar-refractivity contribution in [3.05, 3.63) is 42.0 Å². The lowest BCUT2D eigenvalue weighted by Crippen LogP contribution is -2.29. The molecule has 1 aliphatic rings. The van der Waals surface area contributed by atoms with Crippen molar-refractivity contribution < 1.29 is 4.79 Å². The summed E-state index contributed by atoms with van der Waals surface area (Å²) in [5.74, 6) is 0.0487. The van der Waals surface area contributed by atoms with Crippen LogP contribution in [-0.4, -0.2) is 30.9 Å². The number of hydrogen-bond donors (Lipinski definition) is 0. The molecule has 1 amide bonds. The average Bonchev–Trinajstić information content (AvgIpc) is 2.49. The van der Waals surface area contributed by atoms with Crippen LogP contribution in [0.15, 0.2) is 36.4 Å². The van der Waals surface area contributed by atoms with E-state index in [0.29, 0.717) is 6.54 Å². The molecule has 1 heterocycles. The number of carbonyl (C=O) groups excluding carboxylic acids is 1. The second kappa shape index (κ2) is 7.13. The molecule has 1 aromatic rings. The Labute approximate surface area is 121 Å². The first kappa shape index (κ1) is 14.6. The Balaban J connectivity index is 1.95. The first-order valence-electron chi connectivity index (χ1n) is 7.42. The molecule has 108 valence electrons. The Morgan fingerprint density at radius 3 is 2.45 bits per heavy atom. The topological polar surface area (TPSA) is 23.6 Å². The highest BCUT2D eigenvalue weighted by atomic mass is 16.2. The van der Waals surface area contributed by atoms with Gasteiger partial charge in [-0.1, -0.05) is 18.2 Å². The summed E-state index contributed by atoms with van der Waals surface area (Å²) in [6, 6.07) is 8.61. The highest BCUT2D eigenvalue weighted by Crippen LogP contribution is 2.20. The number of rotatable bonds is 4. The molecule has 2 rings (SSSR count). The van der Waals surface area contributed by atoms with Crippen LogP contribution in [-0.2, 0) is 11.3 Å². The average molecular weight is 272 g/mol. The van der Waals surface area contributed by atoms with Gasteiger partial charge in [0.25, 0.3) is 0 Å². The third-order valence-electron chi connectivity index (χ3n) is 3.76. The van der Waals surface area contributed by atoms with E-state index in [0.717, 1.165) is 0 Å². The Morgan fingerprint density at radius 2 is 1.85 bits per heavy atom. The first-order chi connectivity index (χ1) is 9.70. The van der Waals surface area contributed by atoms with Gasteiger partial charge in [0.15, 0.2) is 0 Å². The van der Waals surface area contributed by atoms with Gasteiger partial charge < -0.3 is 9.80 Å². The zero-order valence-electron chi connectivity index (χ0n) is 12.5. The molecule has 3 nitrogen and oxygen atoms in total. The lowest BCUT2D eigenvalue weighted by Gasteiger charge is -2.29. The van der Waals surface area contributed by atoms with Crippen molar-refractivity contribution in [1.29, 1.82) is 0 Å². The fourth-order valence-electron chi connectivity index (χ4n) is 2.59. The van der Waals surface area contributed by atoms with Crippen LogP contribution >= 0.6 is 0 Å². The van der Waals surface area contributed by atoms with E-state index < -0.39 is 0 Å². The Bertz CT molecular complexity index is 458. The van der Waals surface area contributed by atoms with Crippen molar-refractivity contribution in [1.82, 2.24) is 4.90 Å². The van der Waals surface area contributed by atoms with Gasteiger partial charge in [0.05, 0.1) is 0 Å². The minimum absolute atomic E-state index is 0.0487. The third kappa shape index (κ3) is 3.86. The molecule has 1 aromatic carbocycles. The molecule has 0 aliphatic carbocycles. The Kier molecular flexibility index (Phi) is 5.22. The van der Waals surface area contributed by atoms with E-state index in [2.05, 4.69) is 29.2 Å². The summed E-state index contributed by atoms with van der Waals surface area (Å²) in [5.41, 5.74) is 2.47. The monoisotopic (exact) mass is 272 g/mol. The van der Waals surface area contributed by atoms with Crippen LogP contribution in [0.5, 0.6) is 0 Å². The highest BCUT2D eigenvalue weighted by molar-refractivity contribution is 5.87. The zero-order valence-corrected chi connectivity index (χ0v) is 12.5. The van der Waals surface area contributed by atoms with Crippen molar-refractivity contribution in [2.24, 2.45) is 0 Å². The quantitative estimate of drug-likeness (QED) is 0.786. The van der Waals surface area contributed by atoms with Crippen LogP contribution < -0.4 is 4.90 Å². The number of likely N-dealkylation sites (N-methyl/N-ethyl adjacent to an activating group) is 1. The van der Waals surface area contributed by atoms with Gasteiger partial charge in [-0.05, 0) is 50.0 Å². The molecule has 0 atom stereocenters. The molecular weight excluding hydrogens is 248 g/mol. The molecule has 0 N–H and O–H groups in total. The van der Waals surface area contributed by atoms with Gasteiger partial charge in [0.2, 0.25) is 5.91 Å². The van der Waals surface area contributed by atoms with E-state index in [1.165, 1.54) is 43.6 Å². The molecule has 0 saturated carbocycles. The molecular formula is C17H24N2O. The second-order valence-corrected chi connectivity index (χ2v) is 5.41. The van der Waals surface area contributed by atoms with Crippen molar-refractivity contribution in [3.8, 4) is 0 Å². The summed E-state index contributed by atoms with van der Waals surface area (Å²) in [6.07, 6.45) is 7.32. The summed E-state index contributed by atoms with van der Waals surface area (Å²) >= 11 is 0. The maximum absolute atomic E-state index is 11.7. The molecule has 0 unspecified atom stereocenters. The van der Waals surface area contributed by atoms with Crippen molar-refractivity contribution in [2.45, 2.75) is 32.7 Å². The molecule has 1 fully saturated rings. The molecule has 0 aromatic heterocycles. The highest BCUT2D eigenvalue weighted by Gasteiger charge is 2.11. The summed E-state index contributed by atoms with van der Waals surface area (Å²) in [4.78, 5) is 15.9. The minimum Gasteiger partial charge on any atom is -0.372 e. The number of allylic oxidation sites excluding steroid dienone is 1. The lowest BCUT2D eigenvalue weighted by molar-refractivity contribution is -0.125. The van der Waals surface area contributed by atoms with E-state index in [4.69, 9.17) is 0 Å². The van der Waals surface area contributed by atoms with Crippen LogP contribution in [0.2, 0.25) is 0 Å². The van der Waals surface area contributed by atoms with E-state index in [1.54, 1.807) is 17.1 Å². The Morgan fingerprint density at radius 1 is 1.20 bits per heavy atom. The molecule has 0 radical (unpaired) electrons. The van der Waals surface area contributed by atoms with Crippen LogP contribution in [0, 0.1) is 0 Å². The second-order valence-electron chi connectivity index (χ2n) is 5.41. The third-order valence-corrected chi connectivity index (χ3v) is 3.76. The number of anilines is 1. The number of amides is 1. The SMILES string of the molecule is C/C=C/C(=O)N(C)Cc1ccc(N2CCCCC2)cc1. The molecule has 1 saturated heterocycles. The van der Waals surface area contributed by atoms with Crippen molar-refractivity contribution in [2.75, 3.05) is 25.0 Å². The van der Waals surface area contributed by atoms with E-state index in [9.17, 15) is 4.79 Å². The number of hydrogen-bond acceptors (Lipinski definition) is 2. The number of piperidine rings is 1. The summed E-state index contributed by atoms with van der Waals surface area (Å²) in [7, 11) is 1.83. The fourth-order valence-corrected chi connectivity index (χ4v) is 2.59. The largest absolute Gasteiger partial charge is 0.372 e. The van der Waals surface area contributed by atoms with E-state index in [-0.39, 0.29) is 5.91 Å². The van der Waals surface area contributed by atoms with Gasteiger partial charge in [-0.25, -0.2) is 0 Å². The molecule has 20 heavy (non-hydrogen) atoms. The fraction of sp³-hybridized carbons (Fsp3) is 0.471. The number of nitrogens with zero attached hydrogens (tertiary/aromatic N) is 2. The van der Waals surface area contributed by atoms with Crippen LogP contribution in [0.1, 0.15) is 31.7 Å². The standard InChI is InChI=1S/C17H24N2O/c1-3-7-17(20)18(2)14-15-8-10-16(11-9-15)19-12-5-4-6-13-19/h3,7-11H,4-6,12-14H2,1-2H3/b7-3+. The maximum Gasteiger partial charge on any atom is 0.246 e. The van der Waals surface area contributed by atoms with E-state index in [1.807, 2.05) is 14.0 Å². The molecule has 0 bridgehead atoms. The van der Waals surface area contributed by atoms with Crippen LogP contribution in [0.3, 0.4) is 0 Å². The minimum atomic E-state index is 0.0487. The smallest absolute Gasteiger partial charge is 0.246 e. The predicted octanol–water partition coefficient (Wildman–Crippen LogP) is 3.21. The number of benzene rings is 1. The van der Waals surface area contributed by atoms with Gasteiger partial charge in [0, 0.05) is 32.4 Å². The predicted molar refractivity (Wildman–Crippen MR) is 83.8 cm³/mol. The van der Waals surface area contributed by atoms with Crippen LogP contribution in [0.25, 0.3) is 0 Å². The Hall–Kier alpha value is -1.77. The van der Waals surface area contributed by atoms with Gasteiger partial charge in [-0.15, -0.1) is 0 Å². The molecule has 3 heteroatoms. The number of carbonyl (C=O) groups is 1. The van der Waals surface area contributed by atoms with Gasteiger partial charge in [-0.3, -0.25) is 4.79 Å². The van der Waals surface area contributed by atoms with Crippen LogP contribution in [0.4, 0.5) is 5.69 Å². The molecule has 1 aliphatic heterocycles. The molecule has 0 spiro atoms. The normalized spacial score (nSPS) is 15.6. The van der Waals surface area contributed by atoms with Crippen molar-refractivity contribution in [3.63, 3.8) is 0 Å².